The van der Waals surface area contributed by atoms with Crippen molar-refractivity contribution in [1.82, 2.24) is 24.7 Å². The smallest absolute Gasteiger partial charge is 0.252 e. The van der Waals surface area contributed by atoms with Gasteiger partial charge in [-0.1, -0.05) is 0 Å². The van der Waals surface area contributed by atoms with E-state index in [4.69, 9.17) is 5.73 Å². The van der Waals surface area contributed by atoms with Gasteiger partial charge in [0.1, 0.15) is 0 Å². The maximum Gasteiger partial charge on any atom is 0.252 e. The molecule has 0 amide bonds. The minimum atomic E-state index is 0.314. The van der Waals surface area contributed by atoms with Crippen LogP contribution in [-0.4, -0.2) is 24.7 Å². The summed E-state index contributed by atoms with van der Waals surface area (Å²) in [4.78, 5) is 12.3. The van der Waals surface area contributed by atoms with Crippen molar-refractivity contribution in [3.8, 4) is 5.95 Å². The number of hydrogen-bond acceptors (Lipinski definition) is 5. The molecule has 14 heavy (non-hydrogen) atoms. The van der Waals surface area contributed by atoms with Crippen molar-refractivity contribution >= 4 is 22.6 Å². The molecule has 0 aromatic carbocycles. The van der Waals surface area contributed by atoms with Crippen molar-refractivity contribution in [2.75, 3.05) is 0 Å². The molecule has 0 spiro atoms. The zero-order valence-electron chi connectivity index (χ0n) is 7.13. The van der Waals surface area contributed by atoms with E-state index >= 15 is 0 Å². The molecule has 0 fully saturated rings. The molecule has 72 valence electrons. The lowest BCUT2D eigenvalue weighted by Crippen LogP contribution is -2.10. The molecule has 2 aromatic heterocycles. The summed E-state index contributed by atoms with van der Waals surface area (Å²) in [5.41, 5.74) is 5.52. The summed E-state index contributed by atoms with van der Waals surface area (Å²) in [6.45, 7) is 0.314. The molecule has 0 aliphatic heterocycles. The molecule has 0 atom stereocenters. The van der Waals surface area contributed by atoms with Crippen molar-refractivity contribution in [2.45, 2.75) is 6.54 Å². The Morgan fingerprint density at radius 1 is 1.36 bits per heavy atom. The first-order chi connectivity index (χ1) is 6.81. The number of nitrogens with zero attached hydrogens (tertiary/aromatic N) is 5. The number of nitrogens with two attached hydrogens (primary N) is 1. The molecule has 2 heterocycles. The van der Waals surface area contributed by atoms with Gasteiger partial charge in [-0.15, -0.1) is 5.10 Å². The highest BCUT2D eigenvalue weighted by Crippen LogP contribution is 2.05. The number of aromatic nitrogens is 5. The van der Waals surface area contributed by atoms with Crippen LogP contribution >= 0.6 is 22.6 Å². The average molecular weight is 302 g/mol. The van der Waals surface area contributed by atoms with E-state index in [1.807, 2.05) is 22.6 Å². The van der Waals surface area contributed by atoms with Crippen LogP contribution in [0, 0.1) is 3.83 Å². The Balaban J connectivity index is 2.51. The Morgan fingerprint density at radius 3 is 2.71 bits per heavy atom. The van der Waals surface area contributed by atoms with Crippen LogP contribution in [0.1, 0.15) is 5.82 Å². The lowest BCUT2D eigenvalue weighted by atomic mass is 10.6. The number of rotatable bonds is 2. The minimum Gasteiger partial charge on any atom is -0.324 e. The Kier molecular flexibility index (Phi) is 2.68. The molecule has 0 saturated carbocycles. The molecule has 0 radical (unpaired) electrons. The van der Waals surface area contributed by atoms with Gasteiger partial charge in [-0.05, 0) is 6.07 Å². The fraction of sp³-hybridized carbons (Fsp3) is 0.143. The molecule has 0 aliphatic rings. The van der Waals surface area contributed by atoms with Gasteiger partial charge < -0.3 is 5.73 Å². The number of hydrogen-bond donors (Lipinski definition) is 1. The van der Waals surface area contributed by atoms with Crippen molar-refractivity contribution in [2.24, 2.45) is 5.73 Å². The van der Waals surface area contributed by atoms with Crippen LogP contribution in [0.3, 0.4) is 0 Å². The minimum absolute atomic E-state index is 0.314. The van der Waals surface area contributed by atoms with Crippen molar-refractivity contribution in [3.63, 3.8) is 0 Å². The van der Waals surface area contributed by atoms with E-state index in [9.17, 15) is 0 Å². The first-order valence-electron chi connectivity index (χ1n) is 3.90. The summed E-state index contributed by atoms with van der Waals surface area (Å²) in [5, 5.41) is 4.14. The summed E-state index contributed by atoms with van der Waals surface area (Å²) >= 11 is 2.02. The standard InChI is InChI=1S/C7H7IN6/c8-6-12-5(4-9)14(13-6)7-10-2-1-3-11-7/h1-3H,4,9H2. The maximum absolute atomic E-state index is 5.52. The third-order valence-electron chi connectivity index (χ3n) is 1.57. The maximum atomic E-state index is 5.52. The highest BCUT2D eigenvalue weighted by molar-refractivity contribution is 14.1. The van der Waals surface area contributed by atoms with Crippen LogP contribution in [-0.2, 0) is 6.54 Å². The van der Waals surface area contributed by atoms with Crippen LogP contribution in [0.15, 0.2) is 18.5 Å². The quantitative estimate of drug-likeness (QED) is 0.797. The van der Waals surface area contributed by atoms with Gasteiger partial charge >= 0.3 is 0 Å². The Morgan fingerprint density at radius 2 is 2.07 bits per heavy atom. The lowest BCUT2D eigenvalue weighted by molar-refractivity contribution is 0.741. The van der Waals surface area contributed by atoms with Crippen LogP contribution in [0.5, 0.6) is 0 Å². The van der Waals surface area contributed by atoms with Crippen molar-refractivity contribution < 1.29 is 0 Å². The second-order valence-electron chi connectivity index (χ2n) is 2.46. The average Bonchev–Trinajstić information content (AvgIpc) is 2.61. The van der Waals surface area contributed by atoms with Crippen molar-refractivity contribution in [3.05, 3.63) is 28.1 Å². The van der Waals surface area contributed by atoms with E-state index < -0.39 is 0 Å². The lowest BCUT2D eigenvalue weighted by Gasteiger charge is -1.99. The van der Waals surface area contributed by atoms with Crippen LogP contribution < -0.4 is 5.73 Å². The highest BCUT2D eigenvalue weighted by Gasteiger charge is 2.09. The van der Waals surface area contributed by atoms with E-state index in [1.54, 1.807) is 23.1 Å². The van der Waals surface area contributed by atoms with E-state index in [2.05, 4.69) is 20.1 Å². The van der Waals surface area contributed by atoms with Gasteiger partial charge in [-0.25, -0.2) is 15.0 Å². The molecular formula is C7H7IN6. The molecule has 0 unspecified atom stereocenters. The Bertz CT molecular complexity index is 425. The molecule has 0 saturated heterocycles. The first-order valence-corrected chi connectivity index (χ1v) is 4.98. The normalized spacial score (nSPS) is 10.4. The topological polar surface area (TPSA) is 82.5 Å². The SMILES string of the molecule is NCc1nc(I)nn1-c1ncccn1. The summed E-state index contributed by atoms with van der Waals surface area (Å²) < 4.78 is 2.18. The highest BCUT2D eigenvalue weighted by atomic mass is 127. The monoisotopic (exact) mass is 302 g/mol. The first kappa shape index (κ1) is 9.46. The molecule has 7 heteroatoms. The van der Waals surface area contributed by atoms with E-state index in [0.29, 0.717) is 22.1 Å². The predicted octanol–water partition coefficient (Wildman–Crippen LogP) is 0.121. The predicted molar refractivity (Wildman–Crippen MR) is 57.6 cm³/mol. The molecular weight excluding hydrogens is 295 g/mol. The van der Waals surface area contributed by atoms with Crippen LogP contribution in [0.25, 0.3) is 5.95 Å². The van der Waals surface area contributed by atoms with E-state index in [0.717, 1.165) is 0 Å². The molecule has 6 nitrogen and oxygen atoms in total. The second-order valence-corrected chi connectivity index (χ2v) is 3.43. The van der Waals surface area contributed by atoms with Gasteiger partial charge in [0.2, 0.25) is 3.83 Å². The third kappa shape index (κ3) is 1.73. The fourth-order valence-electron chi connectivity index (χ4n) is 1.01. The molecule has 2 rings (SSSR count). The second kappa shape index (κ2) is 3.96. The van der Waals surface area contributed by atoms with Gasteiger partial charge in [-0.2, -0.15) is 4.68 Å². The van der Waals surface area contributed by atoms with Crippen LogP contribution in [0.2, 0.25) is 0 Å². The van der Waals surface area contributed by atoms with E-state index in [1.165, 1.54) is 0 Å². The van der Waals surface area contributed by atoms with Crippen molar-refractivity contribution in [1.29, 1.82) is 0 Å². The summed E-state index contributed by atoms with van der Waals surface area (Å²) in [5.74, 6) is 1.14. The van der Waals surface area contributed by atoms with Gasteiger partial charge in [0, 0.05) is 35.0 Å². The van der Waals surface area contributed by atoms with Gasteiger partial charge in [0.25, 0.3) is 5.95 Å². The largest absolute Gasteiger partial charge is 0.324 e. The zero-order valence-corrected chi connectivity index (χ0v) is 9.29. The molecule has 2 N–H and O–H groups in total. The van der Waals surface area contributed by atoms with E-state index in [-0.39, 0.29) is 0 Å². The summed E-state index contributed by atoms with van der Waals surface area (Å²) in [6, 6.07) is 1.74. The molecule has 2 aromatic rings. The summed E-state index contributed by atoms with van der Waals surface area (Å²) in [6.07, 6.45) is 3.30. The Labute approximate surface area is 93.7 Å². The summed E-state index contributed by atoms with van der Waals surface area (Å²) in [7, 11) is 0. The fourth-order valence-corrected chi connectivity index (χ4v) is 1.50. The van der Waals surface area contributed by atoms with Gasteiger partial charge in [0.05, 0.1) is 6.54 Å². The zero-order chi connectivity index (χ0) is 9.97. The third-order valence-corrected chi connectivity index (χ3v) is 2.03. The Hall–Kier alpha value is -1.09. The van der Waals surface area contributed by atoms with Crippen LogP contribution in [0.4, 0.5) is 0 Å². The molecule has 0 bridgehead atoms. The van der Waals surface area contributed by atoms with Gasteiger partial charge in [0.15, 0.2) is 5.82 Å². The van der Waals surface area contributed by atoms with Gasteiger partial charge in [-0.3, -0.25) is 0 Å². The molecule has 0 aliphatic carbocycles. The number of halogens is 1.